The van der Waals surface area contributed by atoms with Gasteiger partial charge in [-0.3, -0.25) is 4.79 Å². The van der Waals surface area contributed by atoms with Crippen LogP contribution in [-0.2, 0) is 10.3 Å². The molecule has 6 nitrogen and oxygen atoms in total. The molecule has 0 aliphatic heterocycles. The average molecular weight is 533 g/mol. The fraction of sp³-hybridized carbons (Fsp3) is 0.600. The van der Waals surface area contributed by atoms with Crippen molar-refractivity contribution in [1.82, 2.24) is 9.78 Å². The lowest BCUT2D eigenvalue weighted by molar-refractivity contribution is -0.183. The lowest BCUT2D eigenvalue weighted by Crippen LogP contribution is -2.59. The molecule has 1 aromatic heterocycles. The van der Waals surface area contributed by atoms with Crippen LogP contribution in [0.4, 0.5) is 8.78 Å². The molecule has 0 saturated carbocycles. The molecule has 210 valence electrons. The molecule has 0 bridgehead atoms. The summed E-state index contributed by atoms with van der Waals surface area (Å²) in [7, 11) is 0. The highest BCUT2D eigenvalue weighted by Gasteiger charge is 2.53. The summed E-state index contributed by atoms with van der Waals surface area (Å²) in [5.74, 6) is -1.96. The van der Waals surface area contributed by atoms with E-state index in [1.807, 2.05) is 13.0 Å². The van der Waals surface area contributed by atoms with Gasteiger partial charge < -0.3 is 14.9 Å². The second-order valence-electron chi connectivity index (χ2n) is 10.7. The van der Waals surface area contributed by atoms with Gasteiger partial charge in [0.1, 0.15) is 11.7 Å². The van der Waals surface area contributed by atoms with E-state index < -0.39 is 34.5 Å². The highest BCUT2D eigenvalue weighted by molar-refractivity contribution is 5.38. The number of ether oxygens (including phenoxy) is 1. The van der Waals surface area contributed by atoms with Gasteiger partial charge in [0.25, 0.3) is 5.56 Å². The minimum atomic E-state index is -1.64. The van der Waals surface area contributed by atoms with Crippen LogP contribution in [0.3, 0.4) is 0 Å². The van der Waals surface area contributed by atoms with Crippen molar-refractivity contribution >= 4 is 0 Å². The number of aliphatic hydroxyl groups excluding tert-OH is 1. The van der Waals surface area contributed by atoms with Crippen LogP contribution in [0, 0.1) is 17.6 Å². The van der Waals surface area contributed by atoms with Gasteiger partial charge in [-0.1, -0.05) is 58.4 Å². The van der Waals surface area contributed by atoms with Crippen LogP contribution >= 0.6 is 0 Å². The van der Waals surface area contributed by atoms with E-state index in [4.69, 9.17) is 4.74 Å². The number of aliphatic hydroxyl groups is 2. The highest BCUT2D eigenvalue weighted by atomic mass is 19.2. The zero-order chi connectivity index (χ0) is 27.9. The molecule has 38 heavy (non-hydrogen) atoms. The molecule has 2 aromatic rings. The lowest BCUT2D eigenvalue weighted by atomic mass is 9.68. The maximum absolute atomic E-state index is 14.0. The number of benzene rings is 1. The first-order chi connectivity index (χ1) is 18.1. The molecule has 1 aliphatic carbocycles. The molecular formula is C30H42F2N2O4. The first kappa shape index (κ1) is 30.1. The monoisotopic (exact) mass is 532 g/mol. The summed E-state index contributed by atoms with van der Waals surface area (Å²) in [6.45, 7) is 8.13. The van der Waals surface area contributed by atoms with E-state index in [2.05, 4.69) is 18.9 Å². The third-order valence-electron chi connectivity index (χ3n) is 7.53. The van der Waals surface area contributed by atoms with Gasteiger partial charge in [0.2, 0.25) is 0 Å². The summed E-state index contributed by atoms with van der Waals surface area (Å²) >= 11 is 0. The average Bonchev–Trinajstić information content (AvgIpc) is 2.88. The molecule has 0 saturated heterocycles. The topological polar surface area (TPSA) is 84.6 Å². The molecule has 2 N–H and O–H groups in total. The van der Waals surface area contributed by atoms with Crippen molar-refractivity contribution in [3.05, 3.63) is 69.7 Å². The third kappa shape index (κ3) is 6.41. The Labute approximate surface area is 224 Å². The Morgan fingerprint density at radius 2 is 1.82 bits per heavy atom. The zero-order valence-corrected chi connectivity index (χ0v) is 23.1. The Bertz CT molecular complexity index is 1160. The third-order valence-corrected chi connectivity index (χ3v) is 7.53. The van der Waals surface area contributed by atoms with Gasteiger partial charge >= 0.3 is 0 Å². The second-order valence-corrected chi connectivity index (χ2v) is 10.7. The van der Waals surface area contributed by atoms with Crippen molar-refractivity contribution in [2.75, 3.05) is 6.61 Å². The normalized spacial score (nSPS) is 24.3. The van der Waals surface area contributed by atoms with Gasteiger partial charge in [-0.15, -0.1) is 0 Å². The Hall–Kier alpha value is -2.42. The number of hydrogen-bond donors (Lipinski definition) is 2. The van der Waals surface area contributed by atoms with Crippen molar-refractivity contribution in [2.45, 2.75) is 103 Å². The molecule has 0 amide bonds. The van der Waals surface area contributed by atoms with Crippen LogP contribution < -0.4 is 5.56 Å². The number of hydrogen-bond acceptors (Lipinski definition) is 5. The van der Waals surface area contributed by atoms with Gasteiger partial charge in [-0.25, -0.2) is 8.78 Å². The zero-order valence-electron chi connectivity index (χ0n) is 23.1. The van der Waals surface area contributed by atoms with Crippen molar-refractivity contribution in [3.63, 3.8) is 0 Å². The summed E-state index contributed by atoms with van der Waals surface area (Å²) in [5, 5.41) is 27.2. The van der Waals surface area contributed by atoms with Crippen LogP contribution in [0.25, 0.3) is 5.69 Å². The number of rotatable bonds is 13. The van der Waals surface area contributed by atoms with Crippen LogP contribution in [0.1, 0.15) is 91.0 Å². The predicted molar refractivity (Wildman–Crippen MR) is 144 cm³/mol. The molecule has 4 atom stereocenters. The first-order valence-electron chi connectivity index (χ1n) is 13.9. The highest BCUT2D eigenvalue weighted by Crippen LogP contribution is 2.46. The standard InChI is InChI=1S/C30H42F2N2O4/c1-5-8-10-12-21(11-7-3)22-19-29(4,37)28(36)30(20-22,38-17-9-6-2)24-15-16-33-34(27(24)35)23-13-14-25(31)26(32)18-23/h13-16,18,20-21,28,36-37H,5-12,17,19H2,1-4H3/t21?,28?,29?,30-/m1/s1. The van der Waals surface area contributed by atoms with E-state index in [9.17, 15) is 23.8 Å². The number of halogens is 2. The molecule has 0 radical (unpaired) electrons. The quantitative estimate of drug-likeness (QED) is 0.246. The fourth-order valence-corrected chi connectivity index (χ4v) is 5.46. The van der Waals surface area contributed by atoms with Crippen molar-refractivity contribution in [3.8, 4) is 5.69 Å². The summed E-state index contributed by atoms with van der Waals surface area (Å²) < 4.78 is 34.9. The number of nitrogens with zero attached hydrogens (tertiary/aromatic N) is 2. The molecule has 1 aromatic carbocycles. The smallest absolute Gasteiger partial charge is 0.278 e. The molecule has 3 unspecified atom stereocenters. The Morgan fingerprint density at radius 3 is 2.47 bits per heavy atom. The summed E-state index contributed by atoms with van der Waals surface area (Å²) in [4.78, 5) is 13.9. The van der Waals surface area contributed by atoms with E-state index in [0.29, 0.717) is 6.42 Å². The van der Waals surface area contributed by atoms with Gasteiger partial charge in [-0.05, 0) is 62.8 Å². The van der Waals surface area contributed by atoms with Gasteiger partial charge in [-0.2, -0.15) is 9.78 Å². The molecule has 8 heteroatoms. The number of aromatic nitrogens is 2. The van der Waals surface area contributed by atoms with E-state index in [1.165, 1.54) is 18.3 Å². The summed E-state index contributed by atoms with van der Waals surface area (Å²) in [6, 6.07) is 4.58. The Morgan fingerprint density at radius 1 is 1.08 bits per heavy atom. The van der Waals surface area contributed by atoms with Crippen molar-refractivity contribution in [2.24, 2.45) is 5.92 Å². The summed E-state index contributed by atoms with van der Waals surface area (Å²) in [6.07, 6.45) is 9.65. The van der Waals surface area contributed by atoms with Crippen LogP contribution in [0.2, 0.25) is 0 Å². The Balaban J connectivity index is 2.22. The maximum atomic E-state index is 14.0. The van der Waals surface area contributed by atoms with E-state index in [1.54, 1.807) is 6.92 Å². The van der Waals surface area contributed by atoms with E-state index >= 15 is 0 Å². The molecule has 1 aliphatic rings. The minimum Gasteiger partial charge on any atom is -0.387 e. The van der Waals surface area contributed by atoms with Crippen molar-refractivity contribution in [1.29, 1.82) is 0 Å². The largest absolute Gasteiger partial charge is 0.387 e. The molecular weight excluding hydrogens is 490 g/mol. The van der Waals surface area contributed by atoms with Crippen LogP contribution in [0.15, 0.2) is 46.9 Å². The first-order valence-corrected chi connectivity index (χ1v) is 13.9. The molecule has 0 fully saturated rings. The minimum absolute atomic E-state index is 0.0455. The van der Waals surface area contributed by atoms with E-state index in [0.717, 1.165) is 67.3 Å². The Kier molecular flexibility index (Phi) is 10.4. The second kappa shape index (κ2) is 13.1. The number of unbranched alkanes of at least 4 members (excludes halogenated alkanes) is 3. The predicted octanol–water partition coefficient (Wildman–Crippen LogP) is 5.96. The van der Waals surface area contributed by atoms with Gasteiger partial charge in [0.15, 0.2) is 11.6 Å². The molecule has 0 spiro atoms. The summed E-state index contributed by atoms with van der Waals surface area (Å²) in [5.41, 5.74) is -2.74. The molecule has 1 heterocycles. The fourth-order valence-electron chi connectivity index (χ4n) is 5.46. The lowest BCUT2D eigenvalue weighted by Gasteiger charge is -2.47. The van der Waals surface area contributed by atoms with E-state index in [-0.39, 0.29) is 30.2 Å². The van der Waals surface area contributed by atoms with Gasteiger partial charge in [0, 0.05) is 18.9 Å². The van der Waals surface area contributed by atoms with Crippen LogP contribution in [-0.4, -0.2) is 38.3 Å². The maximum Gasteiger partial charge on any atom is 0.278 e. The van der Waals surface area contributed by atoms with Crippen molar-refractivity contribution < 1.29 is 23.7 Å². The van der Waals surface area contributed by atoms with Crippen LogP contribution in [0.5, 0.6) is 0 Å². The van der Waals surface area contributed by atoms with Gasteiger partial charge in [0.05, 0.1) is 16.9 Å². The molecule has 3 rings (SSSR count). The SMILES string of the molecule is CCCCCC(CCC)C1=C[C@@](OCCCC)(c2ccnn(-c3ccc(F)c(F)c3)c2=O)C(O)C(C)(O)C1.